The fraction of sp³-hybridized carbons (Fsp3) is 0.529. The molecule has 0 aromatic heterocycles. The number of hydrogen-bond acceptors (Lipinski definition) is 6. The molecule has 8 nitrogen and oxygen atoms in total. The number of amides is 2. The Hall–Kier alpha value is -2.15. The fourth-order valence-corrected chi connectivity index (χ4v) is 13.1. The third-order valence-corrected chi connectivity index (χ3v) is 16.7. The van der Waals surface area contributed by atoms with Crippen LogP contribution < -0.4 is 33.3 Å². The number of rotatable bonds is 4. The van der Waals surface area contributed by atoms with Crippen molar-refractivity contribution in [2.24, 2.45) is 16.2 Å². The van der Waals surface area contributed by atoms with E-state index in [9.17, 15) is 13.8 Å². The van der Waals surface area contributed by atoms with Gasteiger partial charge in [0.15, 0.2) is 0 Å². The number of aryl methyl sites for hydroxylation is 1. The molecule has 2 bridgehead atoms. The van der Waals surface area contributed by atoms with Crippen LogP contribution in [0.1, 0.15) is 79.3 Å². The van der Waals surface area contributed by atoms with Gasteiger partial charge >= 0.3 is 266 Å². The molecule has 244 valence electrons. The third kappa shape index (κ3) is 7.39. The van der Waals surface area contributed by atoms with E-state index in [0.717, 1.165) is 61.7 Å². The second-order valence-corrected chi connectivity index (χ2v) is 20.8. The van der Waals surface area contributed by atoms with Gasteiger partial charge in [-0.15, -0.1) is 0 Å². The van der Waals surface area contributed by atoms with E-state index >= 15 is 0 Å². The second-order valence-electron chi connectivity index (χ2n) is 12.5. The Kier molecular flexibility index (Phi) is 10.4. The summed E-state index contributed by atoms with van der Waals surface area (Å²) in [4.78, 5) is 28.1. The van der Waals surface area contributed by atoms with Gasteiger partial charge in [-0.25, -0.2) is 0 Å². The first kappa shape index (κ1) is 32.8. The number of nitrogens with one attached hydrogen (secondary N) is 1. The molecule has 1 saturated carbocycles. The second kappa shape index (κ2) is 14.3. The van der Waals surface area contributed by atoms with Gasteiger partial charge in [-0.2, -0.15) is 0 Å². The van der Waals surface area contributed by atoms with Crippen LogP contribution in [-0.2, 0) is 22.9 Å². The molecule has 1 fully saturated rings. The molecule has 2 amide bonds. The molecule has 2 aliphatic heterocycles. The van der Waals surface area contributed by atoms with E-state index in [1.165, 1.54) is 11.1 Å². The predicted molar refractivity (Wildman–Crippen MR) is 174 cm³/mol. The van der Waals surface area contributed by atoms with Gasteiger partial charge < -0.3 is 0 Å². The molecule has 11 heteroatoms. The van der Waals surface area contributed by atoms with Crippen LogP contribution in [0, 0.1) is 11.8 Å². The average Bonchev–Trinajstić information content (AvgIpc) is 3.27. The molecule has 1 N–H and O–H groups in total. The molecular formula is C34H42ClIN3O5S-. The topological polar surface area (TPSA) is 97.3 Å². The number of benzene rings is 2. The van der Waals surface area contributed by atoms with Crippen LogP contribution in [0.15, 0.2) is 52.9 Å². The Morgan fingerprint density at radius 2 is 2.04 bits per heavy atom. The minimum absolute atomic E-state index is 0.00553. The van der Waals surface area contributed by atoms with Crippen LogP contribution in [0.3, 0.4) is 0 Å². The van der Waals surface area contributed by atoms with Crippen LogP contribution in [-0.4, -0.2) is 54.2 Å². The number of ether oxygens (including phenoxy) is 2. The molecular weight excluding hydrogens is 725 g/mol. The van der Waals surface area contributed by atoms with Crippen LogP contribution in [0.2, 0.25) is 5.02 Å². The standard InChI is InChI=1S/C34H42ClIN3O5S/c1-3-33(40)37-36-45(42)17-6-4-5-9-30(43-2)27-14-11-24(27)20-39-21-28-26-15-13-25(35)18-22(26)8-7-10-31(28)44-32-16-12-23(19-29(32)39)34(41)38-45/h5,9,12-13,15-16,18-19,24,27-28,30-31H,3-4,6-8,10-11,14,17,20-21H2,1-2H3,(H,37,40)/q-1/b9-5+/t24-,27+,28+,30-,31?,45?/m0/s1. The van der Waals surface area contributed by atoms with Gasteiger partial charge in [0.25, 0.3) is 0 Å². The van der Waals surface area contributed by atoms with Crippen LogP contribution in [0.5, 0.6) is 5.75 Å². The summed E-state index contributed by atoms with van der Waals surface area (Å²) >= 11 is 5.08. The van der Waals surface area contributed by atoms with Gasteiger partial charge in [-0.3, -0.25) is 0 Å². The first-order chi connectivity index (χ1) is 21.8. The molecule has 45 heavy (non-hydrogen) atoms. The molecule has 2 aromatic carbocycles. The van der Waals surface area contributed by atoms with Gasteiger partial charge in [0, 0.05) is 5.02 Å². The molecule has 6 atom stereocenters. The summed E-state index contributed by atoms with van der Waals surface area (Å²) in [5, 5.41) is 0.756. The summed E-state index contributed by atoms with van der Waals surface area (Å²) in [6.07, 6.45) is 11.0. The zero-order valence-electron chi connectivity index (χ0n) is 25.9. The molecule has 0 radical (unpaired) electrons. The summed E-state index contributed by atoms with van der Waals surface area (Å²) in [7, 11) is 1.78. The Labute approximate surface area is 280 Å². The number of halogens is 2. The van der Waals surface area contributed by atoms with E-state index < -0.39 is 32.9 Å². The van der Waals surface area contributed by atoms with Crippen molar-refractivity contribution in [1.29, 1.82) is 0 Å². The third-order valence-electron chi connectivity index (χ3n) is 9.65. The van der Waals surface area contributed by atoms with Crippen molar-refractivity contribution in [3.05, 3.63) is 70.3 Å². The number of carbonyl (C=O) groups is 2. The van der Waals surface area contributed by atoms with Crippen molar-refractivity contribution in [2.45, 2.75) is 76.4 Å². The molecule has 0 spiro atoms. The monoisotopic (exact) mass is 766 g/mol. The van der Waals surface area contributed by atoms with E-state index in [1.54, 1.807) is 20.1 Å². The van der Waals surface area contributed by atoms with Crippen LogP contribution in [0.4, 0.5) is 5.69 Å². The number of carbonyl (C=O) groups excluding carboxylic acids is 2. The number of fused-ring (bicyclic) bond motifs is 5. The van der Waals surface area contributed by atoms with Gasteiger partial charge in [-0.05, 0) is 0 Å². The van der Waals surface area contributed by atoms with E-state index in [2.05, 4.69) is 37.1 Å². The maximum atomic E-state index is 14.0. The van der Waals surface area contributed by atoms with E-state index in [1.807, 2.05) is 18.2 Å². The first-order valence-corrected chi connectivity index (χ1v) is 21.7. The Morgan fingerprint density at radius 1 is 1.18 bits per heavy atom. The minimum atomic E-state index is -2.92. The Balaban J connectivity index is 1.42. The van der Waals surface area contributed by atoms with E-state index in [0.29, 0.717) is 36.7 Å². The Bertz CT molecular complexity index is 1590. The van der Waals surface area contributed by atoms with E-state index in [4.69, 9.17) is 21.1 Å². The normalized spacial score (nSPS) is 30.6. The van der Waals surface area contributed by atoms with Gasteiger partial charge in [0.1, 0.15) is 0 Å². The molecule has 6 rings (SSSR count). The summed E-state index contributed by atoms with van der Waals surface area (Å²) in [5.41, 5.74) is 3.84. The zero-order valence-corrected chi connectivity index (χ0v) is 29.6. The van der Waals surface area contributed by atoms with Gasteiger partial charge in [0.05, 0.1) is 0 Å². The molecule has 2 aromatic rings. The van der Waals surface area contributed by atoms with Crippen LogP contribution >= 0.6 is 11.6 Å². The number of allylic oxidation sites excluding steroid dienone is 1. The summed E-state index contributed by atoms with van der Waals surface area (Å²) in [5.74, 6) is 1.32. The zero-order chi connectivity index (χ0) is 31.6. The summed E-state index contributed by atoms with van der Waals surface area (Å²) in [6, 6.07) is 11.8. The van der Waals surface area contributed by atoms with Crippen molar-refractivity contribution >= 4 is 36.0 Å². The molecule has 2 aliphatic carbocycles. The Morgan fingerprint density at radius 3 is 2.82 bits per heavy atom. The number of anilines is 1. The molecule has 2 unspecified atom stereocenters. The molecule has 4 aliphatic rings. The van der Waals surface area contributed by atoms with Crippen molar-refractivity contribution in [3.8, 4) is 5.75 Å². The maximum absolute atomic E-state index is 14.0. The predicted octanol–water partition coefficient (Wildman–Crippen LogP) is 3.47. The van der Waals surface area contributed by atoms with Gasteiger partial charge in [-0.1, -0.05) is 11.6 Å². The number of hydrogen-bond donors (Lipinski definition) is 1. The van der Waals surface area contributed by atoms with Crippen molar-refractivity contribution in [2.75, 3.05) is 30.9 Å². The van der Waals surface area contributed by atoms with Crippen molar-refractivity contribution in [1.82, 2.24) is 3.53 Å². The van der Waals surface area contributed by atoms with Gasteiger partial charge in [0.2, 0.25) is 0 Å². The number of nitrogens with zero attached hydrogens (tertiary/aromatic N) is 2. The molecule has 0 saturated heterocycles. The molecule has 2 heterocycles. The average molecular weight is 767 g/mol. The van der Waals surface area contributed by atoms with Crippen molar-refractivity contribution in [3.63, 3.8) is 0 Å². The van der Waals surface area contributed by atoms with Crippen LogP contribution in [0.25, 0.3) is 0 Å². The van der Waals surface area contributed by atoms with E-state index in [-0.39, 0.29) is 29.8 Å². The first-order valence-electron chi connectivity index (χ1n) is 16.0. The van der Waals surface area contributed by atoms with Crippen molar-refractivity contribution < 1.29 is 43.4 Å². The summed E-state index contributed by atoms with van der Waals surface area (Å²) < 4.78 is 34.0. The quantitative estimate of drug-likeness (QED) is 0.222. The summed E-state index contributed by atoms with van der Waals surface area (Å²) in [6.45, 7) is 0.414. The number of methoxy groups -OCH3 is 1. The SMILES string of the molecule is CCC(=O)N[I-]S1(=O)=NC(=O)c2ccc3c(c2)N(C[C@@H]2CC[C@H]2[C@@H](OC)/C=C/CCC1)C[C@@H]1c2ccc(Cl)cc2CCCC1O3. The fourth-order valence-electron chi connectivity index (χ4n) is 7.06.